The van der Waals surface area contributed by atoms with Crippen molar-refractivity contribution in [1.29, 1.82) is 0 Å². The molecule has 0 radical (unpaired) electrons. The number of hydrogen-bond donors (Lipinski definition) is 1. The van der Waals surface area contributed by atoms with E-state index in [2.05, 4.69) is 22.1 Å². The van der Waals surface area contributed by atoms with Gasteiger partial charge in [-0.1, -0.05) is 0 Å². The van der Waals surface area contributed by atoms with Crippen molar-refractivity contribution < 1.29 is 9.47 Å². The highest BCUT2D eigenvalue weighted by Gasteiger charge is 2.17. The van der Waals surface area contributed by atoms with Crippen LogP contribution in [0.3, 0.4) is 0 Å². The first-order valence-corrected chi connectivity index (χ1v) is 6.78. The van der Waals surface area contributed by atoms with E-state index in [-0.39, 0.29) is 0 Å². The van der Waals surface area contributed by atoms with Gasteiger partial charge in [0, 0.05) is 32.8 Å². The first-order chi connectivity index (χ1) is 9.20. The lowest BCUT2D eigenvalue weighted by atomic mass is 10.2. The summed E-state index contributed by atoms with van der Waals surface area (Å²) in [5.41, 5.74) is 0.930. The normalized spacial score (nSPS) is 19.5. The van der Waals surface area contributed by atoms with Gasteiger partial charge in [-0.25, -0.2) is 4.98 Å². The number of aryl methyl sites for hydroxylation is 1. The summed E-state index contributed by atoms with van der Waals surface area (Å²) in [6, 6.07) is 4.54. The lowest BCUT2D eigenvalue weighted by Gasteiger charge is -2.33. The van der Waals surface area contributed by atoms with Crippen LogP contribution in [0.15, 0.2) is 12.1 Å². The van der Waals surface area contributed by atoms with Crippen molar-refractivity contribution in [2.45, 2.75) is 19.9 Å². The van der Waals surface area contributed by atoms with Crippen LogP contribution in [0.5, 0.6) is 5.75 Å². The molecule has 2 rings (SSSR count). The van der Waals surface area contributed by atoms with E-state index in [1.807, 2.05) is 19.1 Å². The smallest absolute Gasteiger partial charge is 0.140 e. The molecule has 0 saturated carbocycles. The molecule has 0 spiro atoms. The summed E-state index contributed by atoms with van der Waals surface area (Å²) in [7, 11) is 1.67. The van der Waals surface area contributed by atoms with E-state index in [1.54, 1.807) is 7.11 Å². The zero-order valence-corrected chi connectivity index (χ0v) is 12.0. The second kappa shape index (κ2) is 6.73. The van der Waals surface area contributed by atoms with Gasteiger partial charge in [-0.3, -0.25) is 0 Å². The Morgan fingerprint density at radius 2 is 2.26 bits per heavy atom. The van der Waals surface area contributed by atoms with Crippen LogP contribution in [-0.2, 0) is 4.74 Å². The molecule has 1 fully saturated rings. The fraction of sp³-hybridized carbons (Fsp3) is 0.643. The van der Waals surface area contributed by atoms with E-state index in [0.29, 0.717) is 19.3 Å². The summed E-state index contributed by atoms with van der Waals surface area (Å²) < 4.78 is 10.6. The van der Waals surface area contributed by atoms with E-state index >= 15 is 0 Å². The fourth-order valence-electron chi connectivity index (χ4n) is 2.24. The van der Waals surface area contributed by atoms with Crippen molar-refractivity contribution in [2.75, 3.05) is 44.9 Å². The largest absolute Gasteiger partial charge is 0.489 e. The molecule has 1 saturated heterocycles. The molecule has 1 aromatic heterocycles. The maximum atomic E-state index is 5.62. The molecule has 0 bridgehead atoms. The van der Waals surface area contributed by atoms with E-state index in [9.17, 15) is 0 Å². The quantitative estimate of drug-likeness (QED) is 0.811. The maximum absolute atomic E-state index is 5.62. The number of anilines is 1. The number of methoxy groups -OCH3 is 1. The third-order valence-electron chi connectivity index (χ3n) is 3.26. The van der Waals surface area contributed by atoms with Crippen molar-refractivity contribution in [2.24, 2.45) is 0 Å². The molecule has 1 aliphatic rings. The summed E-state index contributed by atoms with van der Waals surface area (Å²) >= 11 is 0. The lowest BCUT2D eigenvalue weighted by Crippen LogP contribution is -2.49. The number of nitrogens with one attached hydrogen (secondary N) is 1. The molecular weight excluding hydrogens is 242 g/mol. The molecular formula is C14H23N3O2. The number of hydrogen-bond acceptors (Lipinski definition) is 5. The van der Waals surface area contributed by atoms with Gasteiger partial charge in [0.25, 0.3) is 0 Å². The Labute approximate surface area is 114 Å². The van der Waals surface area contributed by atoms with Gasteiger partial charge in [0.1, 0.15) is 18.2 Å². The summed E-state index contributed by atoms with van der Waals surface area (Å²) in [6.45, 7) is 8.34. The maximum Gasteiger partial charge on any atom is 0.140 e. The van der Waals surface area contributed by atoms with Crippen LogP contribution >= 0.6 is 0 Å². The van der Waals surface area contributed by atoms with Crippen LogP contribution in [0.2, 0.25) is 0 Å². The predicted octanol–water partition coefficient (Wildman–Crippen LogP) is 1.21. The Kier molecular flexibility index (Phi) is 4.99. The van der Waals surface area contributed by atoms with Gasteiger partial charge < -0.3 is 19.7 Å². The van der Waals surface area contributed by atoms with Gasteiger partial charge in [0.2, 0.25) is 0 Å². The number of piperazine rings is 1. The van der Waals surface area contributed by atoms with E-state index < -0.39 is 0 Å². The summed E-state index contributed by atoms with van der Waals surface area (Å²) in [4.78, 5) is 6.95. The van der Waals surface area contributed by atoms with E-state index in [1.165, 1.54) is 0 Å². The highest BCUT2D eigenvalue weighted by molar-refractivity contribution is 5.44. The Balaban J connectivity index is 2.01. The van der Waals surface area contributed by atoms with Gasteiger partial charge in [-0.2, -0.15) is 0 Å². The minimum Gasteiger partial charge on any atom is -0.489 e. The Hall–Kier alpha value is -1.33. The highest BCUT2D eigenvalue weighted by Crippen LogP contribution is 2.21. The molecule has 0 aromatic carbocycles. The summed E-state index contributed by atoms with van der Waals surface area (Å²) in [5.74, 6) is 1.87. The van der Waals surface area contributed by atoms with Gasteiger partial charge in [0.15, 0.2) is 0 Å². The minimum absolute atomic E-state index is 0.508. The van der Waals surface area contributed by atoms with Crippen molar-refractivity contribution in [3.63, 3.8) is 0 Å². The van der Waals surface area contributed by atoms with Crippen LogP contribution < -0.4 is 15.0 Å². The number of nitrogens with zero attached hydrogens (tertiary/aromatic N) is 2. The third-order valence-corrected chi connectivity index (χ3v) is 3.26. The number of ether oxygens (including phenoxy) is 2. The first kappa shape index (κ1) is 14.1. The molecule has 1 aliphatic heterocycles. The first-order valence-electron chi connectivity index (χ1n) is 6.78. The van der Waals surface area contributed by atoms with Crippen molar-refractivity contribution in [1.82, 2.24) is 10.3 Å². The molecule has 5 nitrogen and oxygen atoms in total. The van der Waals surface area contributed by atoms with Gasteiger partial charge >= 0.3 is 0 Å². The second-order valence-corrected chi connectivity index (χ2v) is 4.90. The van der Waals surface area contributed by atoms with Crippen molar-refractivity contribution in [3.8, 4) is 5.75 Å². The van der Waals surface area contributed by atoms with E-state index in [4.69, 9.17) is 9.47 Å². The zero-order valence-electron chi connectivity index (χ0n) is 12.0. The Morgan fingerprint density at radius 1 is 1.42 bits per heavy atom. The van der Waals surface area contributed by atoms with Gasteiger partial charge in [-0.15, -0.1) is 0 Å². The lowest BCUT2D eigenvalue weighted by molar-refractivity contribution is 0.145. The SMILES string of the molecule is COCCOc1ccc(N2CCN[C@H](C)C2)nc1C. The molecule has 0 aliphatic carbocycles. The molecule has 19 heavy (non-hydrogen) atoms. The van der Waals surface area contributed by atoms with Gasteiger partial charge in [0.05, 0.1) is 12.3 Å². The Morgan fingerprint density at radius 3 is 2.95 bits per heavy atom. The second-order valence-electron chi connectivity index (χ2n) is 4.90. The van der Waals surface area contributed by atoms with Crippen molar-refractivity contribution >= 4 is 5.82 Å². The molecule has 1 atom stereocenters. The predicted molar refractivity (Wildman–Crippen MR) is 76.0 cm³/mol. The van der Waals surface area contributed by atoms with Crippen LogP contribution in [0.1, 0.15) is 12.6 Å². The number of aromatic nitrogens is 1. The Bertz CT molecular complexity index is 412. The zero-order chi connectivity index (χ0) is 13.7. The third kappa shape index (κ3) is 3.81. The van der Waals surface area contributed by atoms with Crippen LogP contribution in [-0.4, -0.2) is 51.0 Å². The molecule has 0 amide bonds. The molecule has 2 heterocycles. The van der Waals surface area contributed by atoms with Crippen molar-refractivity contribution in [3.05, 3.63) is 17.8 Å². The topological polar surface area (TPSA) is 46.6 Å². The summed E-state index contributed by atoms with van der Waals surface area (Å²) in [5, 5.41) is 3.43. The average Bonchev–Trinajstić information content (AvgIpc) is 2.41. The summed E-state index contributed by atoms with van der Waals surface area (Å²) in [6.07, 6.45) is 0. The monoisotopic (exact) mass is 265 g/mol. The average molecular weight is 265 g/mol. The van der Waals surface area contributed by atoms with Crippen LogP contribution in [0.4, 0.5) is 5.82 Å². The molecule has 0 unspecified atom stereocenters. The highest BCUT2D eigenvalue weighted by atomic mass is 16.5. The van der Waals surface area contributed by atoms with Crippen LogP contribution in [0.25, 0.3) is 0 Å². The standard InChI is InChI=1S/C14H23N3O2/c1-11-10-17(7-6-15-11)14-5-4-13(12(2)16-14)19-9-8-18-3/h4-5,11,15H,6-10H2,1-3H3/t11-/m1/s1. The molecule has 106 valence electrons. The number of rotatable bonds is 5. The molecule has 1 N–H and O–H groups in total. The van der Waals surface area contributed by atoms with E-state index in [0.717, 1.165) is 36.9 Å². The van der Waals surface area contributed by atoms with Gasteiger partial charge in [-0.05, 0) is 26.0 Å². The number of pyridine rings is 1. The fourth-order valence-corrected chi connectivity index (χ4v) is 2.24. The molecule has 5 heteroatoms. The van der Waals surface area contributed by atoms with Crippen LogP contribution in [0, 0.1) is 6.92 Å². The minimum atomic E-state index is 0.508. The molecule has 1 aromatic rings.